The quantitative estimate of drug-likeness (QED) is 0.434. The van der Waals surface area contributed by atoms with Crippen molar-refractivity contribution in [3.05, 3.63) is 0 Å². The van der Waals surface area contributed by atoms with Crippen molar-refractivity contribution in [1.82, 2.24) is 0 Å². The maximum absolute atomic E-state index is 2.47. The average Bonchev–Trinajstić information content (AvgIpc) is 3.48. The Morgan fingerprint density at radius 3 is 1.29 bits per heavy atom. The van der Waals surface area contributed by atoms with Gasteiger partial charge in [0.05, 0.1) is 0 Å². The summed E-state index contributed by atoms with van der Waals surface area (Å²) in [6.45, 7) is 2.47. The Labute approximate surface area is 187 Å². The van der Waals surface area contributed by atoms with Crippen LogP contribution in [-0.4, -0.2) is 31.5 Å². The minimum absolute atomic E-state index is 0.997. The lowest BCUT2D eigenvalue weighted by molar-refractivity contribution is 0.282. The summed E-state index contributed by atoms with van der Waals surface area (Å²) in [4.78, 5) is 0. The van der Waals surface area contributed by atoms with Gasteiger partial charge in [-0.05, 0) is 82.0 Å². The van der Waals surface area contributed by atoms with Gasteiger partial charge in [0, 0.05) is 31.5 Å². The van der Waals surface area contributed by atoms with Crippen molar-refractivity contribution in [1.29, 1.82) is 0 Å². The normalized spacial score (nSPS) is 48.3. The highest BCUT2D eigenvalue weighted by Crippen LogP contribution is 2.54. The second-order valence-electron chi connectivity index (χ2n) is 10.8. The van der Waals surface area contributed by atoms with Gasteiger partial charge in [-0.1, -0.05) is 39.0 Å². The smallest absolute Gasteiger partial charge is 0.0170 e. The minimum Gasteiger partial charge on any atom is -0.154 e. The fourth-order valence-electron chi connectivity index (χ4n) is 7.02. The molecule has 0 aromatic rings. The van der Waals surface area contributed by atoms with Crippen LogP contribution in [-0.2, 0) is 0 Å². The minimum atomic E-state index is 0.997. The van der Waals surface area contributed by atoms with E-state index in [1.165, 1.54) is 77.0 Å². The topological polar surface area (TPSA) is 0 Å². The Morgan fingerprint density at radius 2 is 0.786 bits per heavy atom. The molecule has 160 valence electrons. The maximum Gasteiger partial charge on any atom is 0.0170 e. The predicted octanol–water partition coefficient (Wildman–Crippen LogP) is 8.19. The van der Waals surface area contributed by atoms with E-state index in [4.69, 9.17) is 0 Å². The zero-order valence-electron chi connectivity index (χ0n) is 18.0. The van der Waals surface area contributed by atoms with Crippen LogP contribution in [0.5, 0.6) is 0 Å². The number of rotatable bonds is 4. The molecule has 0 aromatic heterocycles. The van der Waals surface area contributed by atoms with Crippen molar-refractivity contribution in [3.63, 3.8) is 0 Å². The Hall–Kier alpha value is 1.05. The third-order valence-electron chi connectivity index (χ3n) is 8.85. The van der Waals surface area contributed by atoms with Crippen LogP contribution in [0.2, 0.25) is 0 Å². The van der Waals surface area contributed by atoms with E-state index in [1.54, 1.807) is 19.3 Å². The van der Waals surface area contributed by atoms with Crippen LogP contribution in [0.4, 0.5) is 0 Å². The second-order valence-corrected chi connectivity index (χ2v) is 15.2. The molecule has 2 saturated carbocycles. The van der Waals surface area contributed by atoms with E-state index in [2.05, 4.69) is 42.2 Å². The molecule has 6 unspecified atom stereocenters. The highest BCUT2D eigenvalue weighted by Gasteiger charge is 2.43. The SMILES string of the molecule is CC1CCC(C2CCC(C3CCC(C4CCC(C5CCCCC5)S4)S3)S2)CC1. The van der Waals surface area contributed by atoms with Gasteiger partial charge in [-0.25, -0.2) is 0 Å². The molecule has 0 amide bonds. The van der Waals surface area contributed by atoms with Crippen molar-refractivity contribution < 1.29 is 0 Å². The largest absolute Gasteiger partial charge is 0.154 e. The molecule has 0 radical (unpaired) electrons. The van der Waals surface area contributed by atoms with Gasteiger partial charge < -0.3 is 0 Å². The van der Waals surface area contributed by atoms with E-state index in [9.17, 15) is 0 Å². The zero-order valence-corrected chi connectivity index (χ0v) is 20.5. The second kappa shape index (κ2) is 9.68. The molecule has 5 rings (SSSR count). The molecule has 3 heteroatoms. The van der Waals surface area contributed by atoms with Crippen molar-refractivity contribution in [2.75, 3.05) is 0 Å². The summed E-state index contributed by atoms with van der Waals surface area (Å²) in [5.74, 6) is 3.15. The Bertz CT molecular complexity index is 494. The summed E-state index contributed by atoms with van der Waals surface area (Å²) in [7, 11) is 0. The number of thioether (sulfide) groups is 3. The van der Waals surface area contributed by atoms with E-state index in [-0.39, 0.29) is 0 Å². The Morgan fingerprint density at radius 1 is 0.393 bits per heavy atom. The van der Waals surface area contributed by atoms with Crippen molar-refractivity contribution in [2.45, 2.75) is 135 Å². The summed E-state index contributed by atoms with van der Waals surface area (Å²) in [6.07, 6.45) is 23.0. The van der Waals surface area contributed by atoms with E-state index < -0.39 is 0 Å². The van der Waals surface area contributed by atoms with Gasteiger partial charge >= 0.3 is 0 Å². The summed E-state index contributed by atoms with van der Waals surface area (Å²) in [5, 5.41) is 6.05. The molecule has 6 atom stereocenters. The van der Waals surface area contributed by atoms with E-state index in [0.717, 1.165) is 49.3 Å². The molecule has 0 spiro atoms. The van der Waals surface area contributed by atoms with E-state index in [1.807, 2.05) is 0 Å². The molecule has 28 heavy (non-hydrogen) atoms. The highest BCUT2D eigenvalue weighted by molar-refractivity contribution is 8.06. The lowest BCUT2D eigenvalue weighted by Crippen LogP contribution is -2.22. The monoisotopic (exact) mass is 438 g/mol. The van der Waals surface area contributed by atoms with Crippen molar-refractivity contribution in [2.24, 2.45) is 17.8 Å². The van der Waals surface area contributed by atoms with Gasteiger partial charge in [0.25, 0.3) is 0 Å². The summed E-state index contributed by atoms with van der Waals surface area (Å²) < 4.78 is 0. The molecule has 3 aliphatic heterocycles. The fraction of sp³-hybridized carbons (Fsp3) is 1.00. The summed E-state index contributed by atoms with van der Waals surface area (Å²) in [5.41, 5.74) is 0. The zero-order chi connectivity index (χ0) is 18.9. The first-order valence-corrected chi connectivity index (χ1v) is 15.6. The summed E-state index contributed by atoms with van der Waals surface area (Å²) in [6, 6.07) is 0. The molecule has 0 nitrogen and oxygen atoms in total. The third-order valence-corrected chi connectivity index (χ3v) is 14.8. The Kier molecular flexibility index (Phi) is 7.23. The highest BCUT2D eigenvalue weighted by atomic mass is 32.2. The first-order valence-electron chi connectivity index (χ1n) is 12.7. The molecule has 5 aliphatic rings. The molecule has 0 N–H and O–H groups in total. The third kappa shape index (κ3) is 4.77. The molecular formula is C25H42S3. The first-order chi connectivity index (χ1) is 13.8. The molecule has 2 aliphatic carbocycles. The molecule has 3 heterocycles. The molecule has 0 bridgehead atoms. The lowest BCUT2D eigenvalue weighted by Gasteiger charge is -2.30. The van der Waals surface area contributed by atoms with Gasteiger partial charge in [0.1, 0.15) is 0 Å². The molecular weight excluding hydrogens is 396 g/mol. The van der Waals surface area contributed by atoms with Gasteiger partial charge in [0.15, 0.2) is 0 Å². The molecule has 3 saturated heterocycles. The predicted molar refractivity (Wildman–Crippen MR) is 131 cm³/mol. The average molecular weight is 439 g/mol. The summed E-state index contributed by atoms with van der Waals surface area (Å²) >= 11 is 7.37. The standard InChI is InChI=1S/C25H42S3/c1-17-7-9-19(10-8-17)21-12-14-23(27-21)25-16-15-24(28-25)22-13-11-20(26-22)18-5-3-2-4-6-18/h17-25H,2-16H2,1H3. The fourth-order valence-corrected chi connectivity index (χ4v) is 13.0. The maximum atomic E-state index is 2.47. The van der Waals surface area contributed by atoms with E-state index in [0.29, 0.717) is 0 Å². The van der Waals surface area contributed by atoms with Crippen LogP contribution in [0.25, 0.3) is 0 Å². The van der Waals surface area contributed by atoms with Crippen LogP contribution in [0, 0.1) is 17.8 Å². The van der Waals surface area contributed by atoms with Gasteiger partial charge in [0.2, 0.25) is 0 Å². The van der Waals surface area contributed by atoms with Crippen LogP contribution in [0.3, 0.4) is 0 Å². The van der Waals surface area contributed by atoms with Gasteiger partial charge in [-0.2, -0.15) is 35.3 Å². The van der Waals surface area contributed by atoms with Crippen LogP contribution >= 0.6 is 35.3 Å². The lowest BCUT2D eigenvalue weighted by atomic mass is 9.80. The number of hydrogen-bond acceptors (Lipinski definition) is 3. The van der Waals surface area contributed by atoms with E-state index >= 15 is 0 Å². The molecule has 0 aromatic carbocycles. The number of hydrogen-bond donors (Lipinski definition) is 0. The van der Waals surface area contributed by atoms with Crippen molar-refractivity contribution in [3.8, 4) is 0 Å². The first kappa shape index (κ1) is 20.9. The van der Waals surface area contributed by atoms with Gasteiger partial charge in [-0.15, -0.1) is 0 Å². The molecule has 5 fully saturated rings. The van der Waals surface area contributed by atoms with Crippen LogP contribution in [0.1, 0.15) is 103 Å². The van der Waals surface area contributed by atoms with Crippen molar-refractivity contribution >= 4 is 35.3 Å². The Balaban J connectivity index is 1.08. The van der Waals surface area contributed by atoms with Crippen LogP contribution < -0.4 is 0 Å². The van der Waals surface area contributed by atoms with Crippen LogP contribution in [0.15, 0.2) is 0 Å². The van der Waals surface area contributed by atoms with Gasteiger partial charge in [-0.3, -0.25) is 0 Å².